The lowest BCUT2D eigenvalue weighted by molar-refractivity contribution is 0.208. The molecule has 1 aliphatic rings. The van der Waals surface area contributed by atoms with Crippen LogP contribution in [0.2, 0.25) is 0 Å². The van der Waals surface area contributed by atoms with Gasteiger partial charge in [-0.1, -0.05) is 12.1 Å². The van der Waals surface area contributed by atoms with Gasteiger partial charge in [-0.15, -0.1) is 0 Å². The molecule has 0 bridgehead atoms. The summed E-state index contributed by atoms with van der Waals surface area (Å²) in [7, 11) is -3.11. The molecule has 1 aromatic heterocycles. The Morgan fingerprint density at radius 1 is 1.12 bits per heavy atom. The van der Waals surface area contributed by atoms with E-state index in [9.17, 15) is 13.2 Å². The minimum Gasteiger partial charge on any atom is -0.368 e. The number of hydrogen-bond acceptors (Lipinski definition) is 5. The van der Waals surface area contributed by atoms with Crippen LogP contribution in [0.3, 0.4) is 0 Å². The van der Waals surface area contributed by atoms with Gasteiger partial charge in [-0.05, 0) is 29.8 Å². The normalized spacial score (nSPS) is 15.0. The van der Waals surface area contributed by atoms with Gasteiger partial charge in [0.05, 0.1) is 5.75 Å². The highest BCUT2D eigenvalue weighted by Gasteiger charge is 2.21. The standard InChI is InChI=1S/C18H22N4O3S/c1-26(24,25)14-15-3-2-4-16(13-15)20-18(23)22-11-9-21(10-12-22)17-5-7-19-8-6-17/h2-8,13H,9-12,14H2,1H3,(H,20,23). The number of pyridine rings is 1. The molecule has 2 heterocycles. The molecule has 138 valence electrons. The largest absolute Gasteiger partial charge is 0.368 e. The van der Waals surface area contributed by atoms with Crippen LogP contribution in [0.25, 0.3) is 0 Å². The highest BCUT2D eigenvalue weighted by Crippen LogP contribution is 2.17. The van der Waals surface area contributed by atoms with Crippen LogP contribution in [0.5, 0.6) is 0 Å². The van der Waals surface area contributed by atoms with Crippen molar-refractivity contribution < 1.29 is 13.2 Å². The van der Waals surface area contributed by atoms with E-state index in [1.807, 2.05) is 12.1 Å². The van der Waals surface area contributed by atoms with Gasteiger partial charge in [0.15, 0.2) is 9.84 Å². The van der Waals surface area contributed by atoms with E-state index in [2.05, 4.69) is 15.2 Å². The molecular weight excluding hydrogens is 352 g/mol. The van der Waals surface area contributed by atoms with Crippen LogP contribution < -0.4 is 10.2 Å². The number of piperazine rings is 1. The van der Waals surface area contributed by atoms with E-state index >= 15 is 0 Å². The molecule has 0 atom stereocenters. The summed E-state index contributed by atoms with van der Waals surface area (Å²) in [6, 6.07) is 10.7. The zero-order valence-electron chi connectivity index (χ0n) is 14.6. The third-order valence-corrected chi connectivity index (χ3v) is 5.06. The predicted octanol–water partition coefficient (Wildman–Crippen LogP) is 1.98. The van der Waals surface area contributed by atoms with E-state index < -0.39 is 9.84 Å². The summed E-state index contributed by atoms with van der Waals surface area (Å²) in [5.74, 6) is -0.0404. The second-order valence-electron chi connectivity index (χ2n) is 6.38. The molecule has 2 amide bonds. The third-order valence-electron chi connectivity index (χ3n) is 4.20. The fraction of sp³-hybridized carbons (Fsp3) is 0.333. The van der Waals surface area contributed by atoms with E-state index in [0.29, 0.717) is 24.3 Å². The number of rotatable bonds is 4. The minimum absolute atomic E-state index is 0.0404. The molecule has 1 saturated heterocycles. The van der Waals surface area contributed by atoms with Gasteiger partial charge in [0.25, 0.3) is 0 Å². The Labute approximate surface area is 153 Å². The van der Waals surface area contributed by atoms with Crippen LogP contribution in [0, 0.1) is 0 Å². The lowest BCUT2D eigenvalue weighted by Crippen LogP contribution is -2.50. The Balaban J connectivity index is 1.57. The van der Waals surface area contributed by atoms with Gasteiger partial charge in [-0.3, -0.25) is 4.98 Å². The first-order valence-electron chi connectivity index (χ1n) is 8.38. The minimum atomic E-state index is -3.11. The summed E-state index contributed by atoms with van der Waals surface area (Å²) < 4.78 is 22.9. The Hall–Kier alpha value is -2.61. The second kappa shape index (κ2) is 7.74. The van der Waals surface area contributed by atoms with Crippen LogP contribution in [0.15, 0.2) is 48.8 Å². The summed E-state index contributed by atoms with van der Waals surface area (Å²) >= 11 is 0. The quantitative estimate of drug-likeness (QED) is 0.885. The highest BCUT2D eigenvalue weighted by molar-refractivity contribution is 7.89. The van der Waals surface area contributed by atoms with Crippen molar-refractivity contribution in [1.29, 1.82) is 0 Å². The van der Waals surface area contributed by atoms with Gasteiger partial charge >= 0.3 is 6.03 Å². The van der Waals surface area contributed by atoms with E-state index in [1.54, 1.807) is 41.6 Å². The molecule has 0 aliphatic carbocycles. The molecule has 7 nitrogen and oxygen atoms in total. The van der Waals surface area contributed by atoms with E-state index in [1.165, 1.54) is 6.26 Å². The van der Waals surface area contributed by atoms with Crippen molar-refractivity contribution in [2.45, 2.75) is 5.75 Å². The maximum absolute atomic E-state index is 12.5. The average molecular weight is 374 g/mol. The fourth-order valence-corrected chi connectivity index (χ4v) is 3.75. The number of urea groups is 1. The molecule has 1 N–H and O–H groups in total. The van der Waals surface area contributed by atoms with Gasteiger partial charge in [0.2, 0.25) is 0 Å². The Kier molecular flexibility index (Phi) is 5.41. The number of nitrogens with one attached hydrogen (secondary N) is 1. The van der Waals surface area contributed by atoms with E-state index in [-0.39, 0.29) is 11.8 Å². The molecule has 1 fully saturated rings. The smallest absolute Gasteiger partial charge is 0.321 e. The zero-order chi connectivity index (χ0) is 18.6. The number of carbonyl (C=O) groups excluding carboxylic acids is 1. The maximum Gasteiger partial charge on any atom is 0.321 e. The first-order valence-corrected chi connectivity index (χ1v) is 10.4. The molecule has 26 heavy (non-hydrogen) atoms. The molecule has 1 aliphatic heterocycles. The fourth-order valence-electron chi connectivity index (χ4n) is 2.97. The Morgan fingerprint density at radius 3 is 2.46 bits per heavy atom. The number of hydrogen-bond donors (Lipinski definition) is 1. The number of benzene rings is 1. The molecule has 0 unspecified atom stereocenters. The van der Waals surface area contributed by atoms with E-state index in [0.717, 1.165) is 18.8 Å². The first-order chi connectivity index (χ1) is 12.4. The van der Waals surface area contributed by atoms with Crippen LogP contribution in [0.1, 0.15) is 5.56 Å². The predicted molar refractivity (Wildman–Crippen MR) is 102 cm³/mol. The lowest BCUT2D eigenvalue weighted by atomic mass is 10.2. The Bertz CT molecular complexity index is 863. The molecule has 0 radical (unpaired) electrons. The lowest BCUT2D eigenvalue weighted by Gasteiger charge is -2.36. The van der Waals surface area contributed by atoms with Crippen molar-refractivity contribution in [2.24, 2.45) is 0 Å². The Morgan fingerprint density at radius 2 is 1.81 bits per heavy atom. The van der Waals surface area contributed by atoms with Crippen molar-refractivity contribution in [3.8, 4) is 0 Å². The van der Waals surface area contributed by atoms with Crippen molar-refractivity contribution in [1.82, 2.24) is 9.88 Å². The van der Waals surface area contributed by atoms with Crippen LogP contribution >= 0.6 is 0 Å². The topological polar surface area (TPSA) is 82.6 Å². The molecule has 0 saturated carbocycles. The van der Waals surface area contributed by atoms with Crippen LogP contribution in [0.4, 0.5) is 16.2 Å². The summed E-state index contributed by atoms with van der Waals surface area (Å²) in [5, 5.41) is 2.86. The molecule has 2 aromatic rings. The van der Waals surface area contributed by atoms with Gasteiger partial charge in [-0.2, -0.15) is 0 Å². The number of sulfone groups is 1. The summed E-state index contributed by atoms with van der Waals surface area (Å²) in [6.45, 7) is 2.76. The third kappa shape index (κ3) is 4.95. The number of nitrogens with zero attached hydrogens (tertiary/aromatic N) is 3. The SMILES string of the molecule is CS(=O)(=O)Cc1cccc(NC(=O)N2CCN(c3ccncc3)CC2)c1. The molecule has 1 aromatic carbocycles. The van der Waals surface area contributed by atoms with Crippen molar-refractivity contribution in [2.75, 3.05) is 42.7 Å². The molecule has 0 spiro atoms. The number of anilines is 2. The molecule has 8 heteroatoms. The van der Waals surface area contributed by atoms with Crippen molar-refractivity contribution >= 4 is 27.2 Å². The summed E-state index contributed by atoms with van der Waals surface area (Å²) in [5.41, 5.74) is 2.37. The monoisotopic (exact) mass is 374 g/mol. The molecular formula is C18H22N4O3S. The van der Waals surface area contributed by atoms with Crippen LogP contribution in [-0.4, -0.2) is 56.8 Å². The van der Waals surface area contributed by atoms with Gasteiger partial charge in [-0.25, -0.2) is 13.2 Å². The van der Waals surface area contributed by atoms with Crippen molar-refractivity contribution in [3.05, 3.63) is 54.4 Å². The first kappa shape index (κ1) is 18.2. The van der Waals surface area contributed by atoms with Gasteiger partial charge < -0.3 is 15.1 Å². The second-order valence-corrected chi connectivity index (χ2v) is 8.52. The zero-order valence-corrected chi connectivity index (χ0v) is 15.4. The number of carbonyl (C=O) groups is 1. The van der Waals surface area contributed by atoms with Gasteiger partial charge in [0.1, 0.15) is 0 Å². The summed E-state index contributed by atoms with van der Waals surface area (Å²) in [6.07, 6.45) is 4.72. The van der Waals surface area contributed by atoms with Crippen molar-refractivity contribution in [3.63, 3.8) is 0 Å². The van der Waals surface area contributed by atoms with Crippen LogP contribution in [-0.2, 0) is 15.6 Å². The number of amides is 2. The molecule has 3 rings (SSSR count). The average Bonchev–Trinajstić information content (AvgIpc) is 2.61. The summed E-state index contributed by atoms with van der Waals surface area (Å²) in [4.78, 5) is 20.5. The highest BCUT2D eigenvalue weighted by atomic mass is 32.2. The number of aromatic nitrogens is 1. The maximum atomic E-state index is 12.5. The van der Waals surface area contributed by atoms with Gasteiger partial charge in [0, 0.05) is 56.2 Å². The van der Waals surface area contributed by atoms with E-state index in [4.69, 9.17) is 0 Å².